The number of nitrogens with one attached hydrogen (secondary N) is 1. The molecule has 0 bridgehead atoms. The Kier molecular flexibility index (Phi) is 4.48. The molecule has 3 fully saturated rings. The number of ether oxygens (including phenoxy) is 1. The van der Waals surface area contributed by atoms with Gasteiger partial charge < -0.3 is 30.9 Å². The minimum atomic E-state index is -1.06. The predicted octanol–water partition coefficient (Wildman–Crippen LogP) is -0.897. The van der Waals surface area contributed by atoms with Crippen LogP contribution in [0.15, 0.2) is 12.7 Å². The van der Waals surface area contributed by atoms with Gasteiger partial charge in [-0.2, -0.15) is 0 Å². The summed E-state index contributed by atoms with van der Waals surface area (Å²) in [6.45, 7) is 4.80. The number of likely N-dealkylation sites (tertiary alicyclic amines) is 1. The Bertz CT molecular complexity index is 853. The topological polar surface area (TPSA) is 135 Å². The molecule has 4 atom stereocenters. The molecule has 0 saturated carbocycles. The van der Waals surface area contributed by atoms with Crippen molar-refractivity contribution in [1.29, 1.82) is 0 Å². The van der Waals surface area contributed by atoms with E-state index < -0.39 is 24.5 Å². The number of piperidine rings is 1. The second-order valence-corrected chi connectivity index (χ2v) is 8.36. The Hall–Kier alpha value is -1.85. The summed E-state index contributed by atoms with van der Waals surface area (Å²) in [6, 6.07) is 0. The number of hydrogen-bond donors (Lipinski definition) is 4. The summed E-state index contributed by atoms with van der Waals surface area (Å²) in [7, 11) is 0. The Balaban J connectivity index is 1.31. The molecular formula is C18H27N7O3. The SMILES string of the molecule is Nc1ncnc2c1ncn2[C@@H]1O[C@H](CN2CCC3(CCNCC3)C2)[C@@H](O)[C@H]1O. The Labute approximate surface area is 162 Å². The van der Waals surface area contributed by atoms with Crippen LogP contribution in [-0.2, 0) is 4.74 Å². The lowest BCUT2D eigenvalue weighted by atomic mass is 9.78. The van der Waals surface area contributed by atoms with Gasteiger partial charge in [0.15, 0.2) is 17.7 Å². The first kappa shape index (κ1) is 18.2. The van der Waals surface area contributed by atoms with E-state index in [1.165, 1.54) is 31.9 Å². The monoisotopic (exact) mass is 389 g/mol. The molecule has 0 aliphatic carbocycles. The van der Waals surface area contributed by atoms with Gasteiger partial charge in [-0.3, -0.25) is 4.57 Å². The van der Waals surface area contributed by atoms with E-state index in [4.69, 9.17) is 10.5 Å². The van der Waals surface area contributed by atoms with Crippen LogP contribution in [0.4, 0.5) is 5.82 Å². The molecule has 2 aromatic rings. The highest BCUT2D eigenvalue weighted by atomic mass is 16.6. The normalized spacial score (nSPS) is 33.2. The Morgan fingerprint density at radius 3 is 2.82 bits per heavy atom. The van der Waals surface area contributed by atoms with Crippen LogP contribution in [0.5, 0.6) is 0 Å². The number of fused-ring (bicyclic) bond motifs is 1. The number of anilines is 1. The van der Waals surface area contributed by atoms with Crippen molar-refractivity contribution in [1.82, 2.24) is 29.7 Å². The quantitative estimate of drug-likeness (QED) is 0.527. The maximum atomic E-state index is 10.6. The average molecular weight is 389 g/mol. The van der Waals surface area contributed by atoms with Crippen molar-refractivity contribution in [3.63, 3.8) is 0 Å². The smallest absolute Gasteiger partial charge is 0.167 e. The van der Waals surface area contributed by atoms with Gasteiger partial charge in [0, 0.05) is 13.1 Å². The molecule has 10 nitrogen and oxygen atoms in total. The van der Waals surface area contributed by atoms with E-state index in [0.29, 0.717) is 23.1 Å². The predicted molar refractivity (Wildman–Crippen MR) is 101 cm³/mol. The van der Waals surface area contributed by atoms with Gasteiger partial charge >= 0.3 is 0 Å². The van der Waals surface area contributed by atoms with Gasteiger partial charge in [-0.25, -0.2) is 15.0 Å². The van der Waals surface area contributed by atoms with E-state index in [1.54, 1.807) is 4.57 Å². The van der Waals surface area contributed by atoms with Gasteiger partial charge in [-0.05, 0) is 44.3 Å². The third kappa shape index (κ3) is 2.96. The summed E-state index contributed by atoms with van der Waals surface area (Å²) in [5.41, 5.74) is 7.18. The van der Waals surface area contributed by atoms with Gasteiger partial charge in [0.1, 0.15) is 30.2 Å². The zero-order valence-electron chi connectivity index (χ0n) is 15.7. The lowest BCUT2D eigenvalue weighted by Gasteiger charge is -2.34. The fourth-order valence-electron chi connectivity index (χ4n) is 4.97. The van der Waals surface area contributed by atoms with Crippen molar-refractivity contribution in [2.24, 2.45) is 5.41 Å². The van der Waals surface area contributed by atoms with E-state index in [2.05, 4.69) is 25.2 Å². The summed E-state index contributed by atoms with van der Waals surface area (Å²) in [4.78, 5) is 14.7. The van der Waals surface area contributed by atoms with Crippen molar-refractivity contribution in [2.75, 3.05) is 38.5 Å². The zero-order chi connectivity index (χ0) is 19.3. The number of aliphatic hydroxyl groups excluding tert-OH is 2. The first-order chi connectivity index (χ1) is 13.6. The Morgan fingerprint density at radius 1 is 1.18 bits per heavy atom. The maximum absolute atomic E-state index is 10.6. The molecule has 0 amide bonds. The molecule has 2 aromatic heterocycles. The van der Waals surface area contributed by atoms with Gasteiger partial charge in [0.05, 0.1) is 6.33 Å². The number of nitrogens with zero attached hydrogens (tertiary/aromatic N) is 5. The number of nitrogens with two attached hydrogens (primary N) is 1. The summed E-state index contributed by atoms with van der Waals surface area (Å²) >= 11 is 0. The second kappa shape index (κ2) is 6.89. The Morgan fingerprint density at radius 2 is 2.00 bits per heavy atom. The minimum Gasteiger partial charge on any atom is -0.387 e. The van der Waals surface area contributed by atoms with Crippen LogP contribution in [0.1, 0.15) is 25.5 Å². The maximum Gasteiger partial charge on any atom is 0.167 e. The average Bonchev–Trinajstić information content (AvgIpc) is 3.36. The summed E-state index contributed by atoms with van der Waals surface area (Å²) in [5, 5.41) is 24.7. The first-order valence-corrected chi connectivity index (χ1v) is 9.94. The minimum absolute atomic E-state index is 0.276. The molecule has 5 rings (SSSR count). The van der Waals surface area contributed by atoms with E-state index in [1.807, 2.05) is 0 Å². The van der Waals surface area contributed by atoms with Gasteiger partial charge in [-0.15, -0.1) is 0 Å². The molecule has 28 heavy (non-hydrogen) atoms. The summed E-state index contributed by atoms with van der Waals surface area (Å²) in [6.07, 6.45) is 3.22. The number of aliphatic hydroxyl groups is 2. The van der Waals surface area contributed by atoms with Crippen LogP contribution in [0.25, 0.3) is 11.2 Å². The number of hydrogen-bond acceptors (Lipinski definition) is 9. The molecule has 5 N–H and O–H groups in total. The number of imidazole rings is 1. The van der Waals surface area contributed by atoms with Crippen LogP contribution in [0, 0.1) is 5.41 Å². The fourth-order valence-corrected chi connectivity index (χ4v) is 4.97. The highest BCUT2D eigenvalue weighted by Gasteiger charge is 2.47. The van der Waals surface area contributed by atoms with Crippen molar-refractivity contribution < 1.29 is 14.9 Å². The third-order valence-electron chi connectivity index (χ3n) is 6.62. The molecule has 152 valence electrons. The molecule has 0 unspecified atom stereocenters. The standard InChI is InChI=1S/C18H27N7O3/c19-15-12-16(22-9-21-15)25(10-23-12)17-14(27)13(26)11(28-17)7-24-6-3-18(8-24)1-4-20-5-2-18/h9-11,13-14,17,20,26-27H,1-8H2,(H2,19,21,22)/t11-,13-,14-,17-/m1/s1. The van der Waals surface area contributed by atoms with E-state index in [-0.39, 0.29) is 5.82 Å². The fraction of sp³-hybridized carbons (Fsp3) is 0.722. The molecule has 10 heteroatoms. The largest absolute Gasteiger partial charge is 0.387 e. The van der Waals surface area contributed by atoms with Crippen LogP contribution in [0.2, 0.25) is 0 Å². The highest BCUT2D eigenvalue weighted by molar-refractivity contribution is 5.81. The van der Waals surface area contributed by atoms with Gasteiger partial charge in [0.25, 0.3) is 0 Å². The summed E-state index contributed by atoms with van der Waals surface area (Å²) < 4.78 is 7.71. The molecular weight excluding hydrogens is 362 g/mol. The number of aromatic nitrogens is 4. The molecule has 0 radical (unpaired) electrons. The molecule has 1 spiro atoms. The number of rotatable bonds is 3. The molecule has 3 aliphatic rings. The van der Waals surface area contributed by atoms with Gasteiger partial charge in [-0.1, -0.05) is 0 Å². The van der Waals surface area contributed by atoms with Gasteiger partial charge in [0.2, 0.25) is 0 Å². The third-order valence-corrected chi connectivity index (χ3v) is 6.62. The van der Waals surface area contributed by atoms with E-state index in [9.17, 15) is 10.2 Å². The van der Waals surface area contributed by atoms with E-state index in [0.717, 1.165) is 26.2 Å². The summed E-state index contributed by atoms with van der Waals surface area (Å²) in [5.74, 6) is 0.276. The second-order valence-electron chi connectivity index (χ2n) is 8.36. The molecule has 3 saturated heterocycles. The van der Waals surface area contributed by atoms with Crippen LogP contribution < -0.4 is 11.1 Å². The molecule has 3 aliphatic heterocycles. The molecule has 0 aromatic carbocycles. The highest BCUT2D eigenvalue weighted by Crippen LogP contribution is 2.40. The van der Waals surface area contributed by atoms with Crippen molar-refractivity contribution in [3.8, 4) is 0 Å². The van der Waals surface area contributed by atoms with Crippen molar-refractivity contribution in [3.05, 3.63) is 12.7 Å². The van der Waals surface area contributed by atoms with Crippen molar-refractivity contribution >= 4 is 17.0 Å². The van der Waals surface area contributed by atoms with Crippen molar-refractivity contribution in [2.45, 2.75) is 43.8 Å². The lowest BCUT2D eigenvalue weighted by Crippen LogP contribution is -2.42. The number of nitrogen functional groups attached to an aromatic ring is 1. The first-order valence-electron chi connectivity index (χ1n) is 9.94. The lowest BCUT2D eigenvalue weighted by molar-refractivity contribution is -0.0432. The van der Waals surface area contributed by atoms with Crippen LogP contribution >= 0.6 is 0 Å². The van der Waals surface area contributed by atoms with Crippen LogP contribution in [-0.4, -0.2) is 85.7 Å². The zero-order valence-corrected chi connectivity index (χ0v) is 15.7. The van der Waals surface area contributed by atoms with Crippen LogP contribution in [0.3, 0.4) is 0 Å². The molecule has 5 heterocycles. The van der Waals surface area contributed by atoms with E-state index >= 15 is 0 Å².